The molecule has 0 bridgehead atoms. The summed E-state index contributed by atoms with van der Waals surface area (Å²) in [5.74, 6) is -2.14. The summed E-state index contributed by atoms with van der Waals surface area (Å²) >= 11 is 0. The molecule has 0 unspecified atom stereocenters. The first kappa shape index (κ1) is 76.7. The van der Waals surface area contributed by atoms with Gasteiger partial charge in [0.15, 0.2) is 43.2 Å². The monoisotopic (exact) mass is 1380 g/mol. The third kappa shape index (κ3) is 13.8. The number of fused-ring (bicyclic) bond motifs is 5. The van der Waals surface area contributed by atoms with Crippen molar-refractivity contribution in [3.05, 3.63) is 11.6 Å². The molecular weight excluding hydrogens is 1280 g/mol. The van der Waals surface area contributed by atoms with E-state index < -0.39 is 244 Å². The summed E-state index contributed by atoms with van der Waals surface area (Å²) in [5.41, 5.74) is -3.29. The summed E-state index contributed by atoms with van der Waals surface area (Å²) in [6.07, 6.45) is -42.8. The number of aliphatic hydroxyl groups excluding tert-OH is 17. The van der Waals surface area contributed by atoms with Crippen LogP contribution >= 0.6 is 0 Å². The molecule has 6 aliphatic heterocycles. The van der Waals surface area contributed by atoms with Crippen LogP contribution in [0.25, 0.3) is 0 Å². The van der Waals surface area contributed by atoms with E-state index in [9.17, 15) is 91.9 Å². The molecule has 0 aromatic carbocycles. The van der Waals surface area contributed by atoms with Crippen molar-refractivity contribution in [3.63, 3.8) is 0 Å². The number of aliphatic hydroxyl groups is 18. The van der Waals surface area contributed by atoms with Crippen molar-refractivity contribution < 1.29 is 154 Å². The van der Waals surface area contributed by atoms with Gasteiger partial charge in [-0.1, -0.05) is 46.3 Å². The van der Waals surface area contributed by atoms with Crippen molar-refractivity contribution in [1.82, 2.24) is 0 Å². The number of carbonyl (C=O) groups excluding carboxylic acids is 1. The minimum atomic E-state index is -2.27. The number of esters is 1. The number of hydrogen-bond donors (Lipinski definition) is 18. The Morgan fingerprint density at radius 1 is 0.500 bits per heavy atom. The van der Waals surface area contributed by atoms with Crippen molar-refractivity contribution >= 4 is 5.97 Å². The molecule has 0 aromatic rings. The van der Waals surface area contributed by atoms with Crippen LogP contribution < -0.4 is 0 Å². The molecule has 10 aliphatic rings. The zero-order valence-electron chi connectivity index (χ0n) is 56.0. The van der Waals surface area contributed by atoms with Gasteiger partial charge in [0.25, 0.3) is 0 Å². The van der Waals surface area contributed by atoms with Gasteiger partial charge in [0.1, 0.15) is 122 Å². The van der Waals surface area contributed by atoms with Crippen LogP contribution in [0.3, 0.4) is 0 Å². The molecule has 6 saturated heterocycles. The molecule has 0 amide bonds. The number of rotatable bonds is 19. The van der Waals surface area contributed by atoms with E-state index in [1.807, 2.05) is 19.9 Å². The van der Waals surface area contributed by atoms with Gasteiger partial charge in [-0.3, -0.25) is 0 Å². The van der Waals surface area contributed by atoms with E-state index >= 15 is 4.79 Å². The minimum absolute atomic E-state index is 0.0240. The van der Waals surface area contributed by atoms with Crippen LogP contribution in [0, 0.1) is 45.3 Å². The standard InChI is InChI=1S/C65H108O31/c1-25(2)11-10-17-65(84,60(83)96-58-52(94-57-50(82)45(77)40(72)31(21-66)89-57)46(78)41(73)33(91-58)24-86-54-48(80)43(75)37(69)26(3)87-54)29-14-19-63(8)28(29)12-13-35-62(7)18-16-36(61(5,6)34(62)15-20-64(35,63)9)92-59-53(95-56-49(81)44(76)38(70)27(4)88-56)51(42(74)32(22-67)90-59)93-55-47(79)39(71)30(68)23-85-55/h11,26-59,66-82,84H,10,12-24H2,1-9H3/t26-,27-,28+,29-,30+,31+,32+,33+,34-,35+,36-,37-,38-,39-,40+,41+,42+,43+,44+,45-,46-,47+,48+,49+,50+,51-,52+,53+,54+,55-,56-,57-,58-,59-,62-,63+,64+,65-/m0/s1. The molecule has 31 heteroatoms. The predicted octanol–water partition coefficient (Wildman–Crippen LogP) is -4.33. The molecule has 554 valence electrons. The third-order valence-corrected chi connectivity index (χ3v) is 24.6. The van der Waals surface area contributed by atoms with Gasteiger partial charge >= 0.3 is 5.97 Å². The van der Waals surface area contributed by atoms with E-state index in [2.05, 4.69) is 34.6 Å². The molecular formula is C65H108O31. The van der Waals surface area contributed by atoms with Crippen molar-refractivity contribution in [3.8, 4) is 0 Å². The summed E-state index contributed by atoms with van der Waals surface area (Å²) < 4.78 is 72.7. The van der Waals surface area contributed by atoms with E-state index in [0.717, 1.165) is 5.57 Å². The van der Waals surface area contributed by atoms with Crippen LogP contribution in [0.15, 0.2) is 11.6 Å². The molecule has 4 aliphatic carbocycles. The molecule has 31 nitrogen and oxygen atoms in total. The van der Waals surface area contributed by atoms with Crippen LogP contribution in [0.1, 0.15) is 127 Å². The maximum atomic E-state index is 15.5. The number of ether oxygens (including phenoxy) is 12. The van der Waals surface area contributed by atoms with Crippen LogP contribution in [0.4, 0.5) is 0 Å². The lowest BCUT2D eigenvalue weighted by atomic mass is 9.35. The van der Waals surface area contributed by atoms with Crippen molar-refractivity contribution in [2.45, 2.75) is 316 Å². The van der Waals surface area contributed by atoms with Crippen LogP contribution in [-0.2, 0) is 61.6 Å². The third-order valence-electron chi connectivity index (χ3n) is 24.6. The topological polar surface area (TPSA) is 492 Å². The highest BCUT2D eigenvalue weighted by Gasteiger charge is 2.71. The lowest BCUT2D eigenvalue weighted by Gasteiger charge is -2.70. The Hall–Kier alpha value is -1.95. The Kier molecular flexibility index (Phi) is 23.7. The second-order valence-corrected chi connectivity index (χ2v) is 30.6. The van der Waals surface area contributed by atoms with E-state index in [1.54, 1.807) is 0 Å². The Labute approximate surface area is 557 Å². The van der Waals surface area contributed by atoms with Gasteiger partial charge in [0, 0.05) is 5.92 Å². The van der Waals surface area contributed by atoms with Crippen molar-refractivity contribution in [2.75, 3.05) is 26.4 Å². The van der Waals surface area contributed by atoms with Gasteiger partial charge in [-0.25, -0.2) is 4.79 Å². The second-order valence-electron chi connectivity index (χ2n) is 30.6. The van der Waals surface area contributed by atoms with Gasteiger partial charge in [-0.2, -0.15) is 0 Å². The first-order valence-electron chi connectivity index (χ1n) is 34.1. The molecule has 18 N–H and O–H groups in total. The Morgan fingerprint density at radius 3 is 1.67 bits per heavy atom. The highest BCUT2D eigenvalue weighted by atomic mass is 16.8. The normalized spacial score (nSPS) is 52.7. The summed E-state index contributed by atoms with van der Waals surface area (Å²) in [7, 11) is 0. The van der Waals surface area contributed by atoms with Crippen molar-refractivity contribution in [1.29, 1.82) is 0 Å². The fraction of sp³-hybridized carbons (Fsp3) is 0.954. The van der Waals surface area contributed by atoms with Gasteiger partial charge in [-0.15, -0.1) is 0 Å². The van der Waals surface area contributed by atoms with E-state index in [-0.39, 0.29) is 36.0 Å². The van der Waals surface area contributed by atoms with Gasteiger partial charge in [0.05, 0.1) is 44.7 Å². The second kappa shape index (κ2) is 29.7. The highest BCUT2D eigenvalue weighted by Crippen LogP contribution is 2.76. The maximum absolute atomic E-state index is 15.5. The SMILES string of the molecule is CC(C)=CCC[C@@](O)(C(=O)O[C@@H]1O[C@H](CO[C@@H]2O[C@@H](C)[C@H](O)[C@@H](O)[C@H]2O)[C@@H](O)[C@H](O)[C@H]1O[C@@H]1O[C@H](CO)[C@@H](O)[C@H](O)[C@H]1O)[C@H]1CC[C@]2(C)[C@@H]1CC[C@@H]1[C@@]3(C)CC[C@H](O[C@@H]4O[C@H](CO)[C@@H](O)[C@H](O[C@@H]5OC[C@@H](O)[C@H](O)[C@H]5O)[C@H]4O[C@@H]4O[C@@H](C)[C@H](O)[C@@H](O)[C@H]4O)C(C)(C)[C@@H]3CC[C@]12C. The lowest BCUT2D eigenvalue weighted by Crippen LogP contribution is -2.68. The molecule has 10 fully saturated rings. The first-order chi connectivity index (χ1) is 45.0. The van der Waals surface area contributed by atoms with E-state index in [4.69, 9.17) is 56.8 Å². The molecule has 38 atom stereocenters. The fourth-order valence-corrected chi connectivity index (χ4v) is 18.7. The summed E-state index contributed by atoms with van der Waals surface area (Å²) in [6, 6.07) is 0. The molecule has 10 rings (SSSR count). The Balaban J connectivity index is 0.902. The summed E-state index contributed by atoms with van der Waals surface area (Å²) in [5, 5.41) is 198. The number of carbonyl (C=O) groups is 1. The fourth-order valence-electron chi connectivity index (χ4n) is 18.7. The summed E-state index contributed by atoms with van der Waals surface area (Å²) in [6.45, 7) is 14.9. The van der Waals surface area contributed by atoms with Crippen LogP contribution in [-0.4, -0.2) is 314 Å². The molecule has 4 saturated carbocycles. The summed E-state index contributed by atoms with van der Waals surface area (Å²) in [4.78, 5) is 15.5. The highest BCUT2D eigenvalue weighted by molar-refractivity contribution is 5.80. The number of hydrogen-bond acceptors (Lipinski definition) is 31. The smallest absolute Gasteiger partial charge is 0.340 e. The number of allylic oxidation sites excluding steroid dienone is 2. The quantitative estimate of drug-likeness (QED) is 0.0330. The minimum Gasteiger partial charge on any atom is -0.431 e. The largest absolute Gasteiger partial charge is 0.431 e. The van der Waals surface area contributed by atoms with Gasteiger partial charge in [0.2, 0.25) is 6.29 Å². The average molecular weight is 1390 g/mol. The molecule has 0 radical (unpaired) electrons. The zero-order valence-corrected chi connectivity index (χ0v) is 56.0. The van der Waals surface area contributed by atoms with E-state index in [0.29, 0.717) is 51.4 Å². The average Bonchev–Trinajstić information content (AvgIpc) is 1.26. The van der Waals surface area contributed by atoms with Crippen molar-refractivity contribution in [2.24, 2.45) is 45.3 Å². The molecule has 6 heterocycles. The predicted molar refractivity (Wildman–Crippen MR) is 323 cm³/mol. The lowest BCUT2D eigenvalue weighted by molar-refractivity contribution is -0.395. The van der Waals surface area contributed by atoms with Gasteiger partial charge in [-0.05, 0) is 131 Å². The molecule has 0 aromatic heterocycles. The Bertz CT molecular complexity index is 2620. The van der Waals surface area contributed by atoms with Gasteiger partial charge < -0.3 is 149 Å². The zero-order chi connectivity index (χ0) is 70.4. The first-order valence-corrected chi connectivity index (χ1v) is 34.1. The molecule has 0 spiro atoms. The maximum Gasteiger partial charge on any atom is 0.340 e. The van der Waals surface area contributed by atoms with Crippen LogP contribution in [0.5, 0.6) is 0 Å². The van der Waals surface area contributed by atoms with Crippen LogP contribution in [0.2, 0.25) is 0 Å². The Morgan fingerprint density at radius 2 is 1.03 bits per heavy atom. The van der Waals surface area contributed by atoms with E-state index in [1.165, 1.54) is 13.8 Å². The molecule has 96 heavy (non-hydrogen) atoms.